The monoisotopic (exact) mass is 382 g/mol. The van der Waals surface area contributed by atoms with Gasteiger partial charge in [-0.15, -0.1) is 0 Å². The first-order valence-corrected chi connectivity index (χ1v) is 10.4. The number of piperidine rings is 1. The van der Waals surface area contributed by atoms with Crippen molar-refractivity contribution in [3.05, 3.63) is 29.8 Å². The first-order chi connectivity index (χ1) is 12.4. The zero-order valence-corrected chi connectivity index (χ0v) is 16.0. The van der Waals surface area contributed by atoms with E-state index in [0.29, 0.717) is 13.1 Å². The van der Waals surface area contributed by atoms with Gasteiger partial charge in [0.1, 0.15) is 0 Å². The fraction of sp³-hybridized carbons (Fsp3) is 0.556. The zero-order valence-electron chi connectivity index (χ0n) is 15.2. The van der Waals surface area contributed by atoms with Crippen LogP contribution < -0.4 is 5.32 Å². The smallest absolute Gasteiger partial charge is 0.338 e. The number of nitrogens with zero attached hydrogens (tertiary/aromatic N) is 1. The molecule has 0 bridgehead atoms. The van der Waals surface area contributed by atoms with Crippen molar-refractivity contribution in [1.82, 2.24) is 9.62 Å². The molecule has 0 unspecified atom stereocenters. The Morgan fingerprint density at radius 1 is 1.23 bits per heavy atom. The van der Waals surface area contributed by atoms with E-state index in [1.165, 1.54) is 28.6 Å². The zero-order chi connectivity index (χ0) is 19.2. The summed E-state index contributed by atoms with van der Waals surface area (Å²) in [6.07, 6.45) is 3.53. The SMILES string of the molecule is CCCNC(=O)COC(=O)c1ccc(S(=O)(=O)N2CCCC[C@H]2C)cc1. The Kier molecular flexibility index (Phi) is 7.16. The van der Waals surface area contributed by atoms with E-state index in [1.807, 2.05) is 13.8 Å². The number of benzene rings is 1. The third kappa shape index (κ3) is 5.04. The second kappa shape index (κ2) is 9.14. The summed E-state index contributed by atoms with van der Waals surface area (Å²) in [5, 5.41) is 2.61. The second-order valence-electron chi connectivity index (χ2n) is 6.41. The van der Waals surface area contributed by atoms with E-state index in [1.54, 1.807) is 0 Å². The van der Waals surface area contributed by atoms with Crippen molar-refractivity contribution in [3.63, 3.8) is 0 Å². The van der Waals surface area contributed by atoms with Gasteiger partial charge in [-0.1, -0.05) is 13.3 Å². The maximum atomic E-state index is 12.8. The maximum absolute atomic E-state index is 12.8. The summed E-state index contributed by atoms with van der Waals surface area (Å²) in [5.74, 6) is -1.02. The molecule has 1 amide bonds. The molecule has 0 aromatic heterocycles. The van der Waals surface area contributed by atoms with Gasteiger partial charge < -0.3 is 10.1 Å². The number of carbonyl (C=O) groups is 2. The Morgan fingerprint density at radius 3 is 2.54 bits per heavy atom. The third-order valence-electron chi connectivity index (χ3n) is 4.35. The number of ether oxygens (including phenoxy) is 1. The topological polar surface area (TPSA) is 92.8 Å². The van der Waals surface area contributed by atoms with Crippen molar-refractivity contribution in [2.45, 2.75) is 50.5 Å². The number of nitrogens with one attached hydrogen (secondary N) is 1. The summed E-state index contributed by atoms with van der Waals surface area (Å²) in [6, 6.07) is 5.61. The minimum atomic E-state index is -3.57. The van der Waals surface area contributed by atoms with Gasteiger partial charge in [-0.25, -0.2) is 13.2 Å². The number of esters is 1. The van der Waals surface area contributed by atoms with Crippen LogP contribution in [0.25, 0.3) is 0 Å². The van der Waals surface area contributed by atoms with Crippen molar-refractivity contribution < 1.29 is 22.7 Å². The molecule has 0 radical (unpaired) electrons. The van der Waals surface area contributed by atoms with E-state index in [-0.39, 0.29) is 29.0 Å². The van der Waals surface area contributed by atoms with E-state index >= 15 is 0 Å². The number of rotatable bonds is 7. The van der Waals surface area contributed by atoms with Crippen molar-refractivity contribution in [1.29, 1.82) is 0 Å². The number of amides is 1. The summed E-state index contributed by atoms with van der Waals surface area (Å²) < 4.78 is 32.0. The summed E-state index contributed by atoms with van der Waals surface area (Å²) in [4.78, 5) is 23.6. The molecular weight excluding hydrogens is 356 g/mol. The molecule has 8 heteroatoms. The van der Waals surface area contributed by atoms with Crippen LogP contribution in [-0.2, 0) is 19.6 Å². The van der Waals surface area contributed by atoms with E-state index in [4.69, 9.17) is 4.74 Å². The highest BCUT2D eigenvalue weighted by Crippen LogP contribution is 2.25. The van der Waals surface area contributed by atoms with Gasteiger partial charge in [-0.3, -0.25) is 4.79 Å². The van der Waals surface area contributed by atoms with Gasteiger partial charge in [0.05, 0.1) is 10.5 Å². The Balaban J connectivity index is 2.01. The Hall–Kier alpha value is -1.93. The van der Waals surface area contributed by atoms with Gasteiger partial charge in [-0.05, 0) is 50.5 Å². The first-order valence-electron chi connectivity index (χ1n) is 8.92. The lowest BCUT2D eigenvalue weighted by Crippen LogP contribution is -2.41. The molecule has 2 rings (SSSR count). The van der Waals surface area contributed by atoms with Gasteiger partial charge in [-0.2, -0.15) is 4.31 Å². The molecule has 7 nitrogen and oxygen atoms in total. The van der Waals surface area contributed by atoms with Crippen LogP contribution in [0.15, 0.2) is 29.2 Å². The van der Waals surface area contributed by atoms with Crippen LogP contribution in [0.5, 0.6) is 0 Å². The highest BCUT2D eigenvalue weighted by atomic mass is 32.2. The summed E-state index contributed by atoms with van der Waals surface area (Å²) in [5.41, 5.74) is 0.207. The van der Waals surface area contributed by atoms with Crippen LogP contribution in [0.4, 0.5) is 0 Å². The molecule has 1 aromatic rings. The Labute approximate surface area is 154 Å². The molecule has 1 aliphatic rings. The van der Waals surface area contributed by atoms with Gasteiger partial charge in [0.15, 0.2) is 6.61 Å². The average molecular weight is 382 g/mol. The molecule has 0 spiro atoms. The summed E-state index contributed by atoms with van der Waals surface area (Å²) >= 11 is 0. The average Bonchev–Trinajstić information content (AvgIpc) is 2.64. The lowest BCUT2D eigenvalue weighted by atomic mass is 10.1. The lowest BCUT2D eigenvalue weighted by Gasteiger charge is -2.32. The van der Waals surface area contributed by atoms with E-state index in [9.17, 15) is 18.0 Å². The largest absolute Gasteiger partial charge is 0.452 e. The molecule has 1 saturated heterocycles. The minimum Gasteiger partial charge on any atom is -0.452 e. The normalized spacial score (nSPS) is 18.3. The predicted octanol–water partition coefficient (Wildman–Crippen LogP) is 1.93. The predicted molar refractivity (Wildman–Crippen MR) is 97.2 cm³/mol. The van der Waals surface area contributed by atoms with Crippen molar-refractivity contribution in [2.24, 2.45) is 0 Å². The van der Waals surface area contributed by atoms with Crippen molar-refractivity contribution in [3.8, 4) is 0 Å². The second-order valence-corrected chi connectivity index (χ2v) is 8.30. The van der Waals surface area contributed by atoms with Crippen molar-refractivity contribution in [2.75, 3.05) is 19.7 Å². The van der Waals surface area contributed by atoms with Crippen LogP contribution in [0.3, 0.4) is 0 Å². The van der Waals surface area contributed by atoms with Crippen molar-refractivity contribution >= 4 is 21.9 Å². The third-order valence-corrected chi connectivity index (χ3v) is 6.37. The van der Waals surface area contributed by atoms with Crippen LogP contribution in [0, 0.1) is 0 Å². The molecule has 1 N–H and O–H groups in total. The molecular formula is C18H26N2O5S. The first kappa shape index (κ1) is 20.4. The van der Waals surface area contributed by atoms with E-state index < -0.39 is 16.0 Å². The van der Waals surface area contributed by atoms with Gasteiger partial charge in [0, 0.05) is 19.1 Å². The summed E-state index contributed by atoms with van der Waals surface area (Å²) in [6.45, 7) is 4.51. The molecule has 26 heavy (non-hydrogen) atoms. The maximum Gasteiger partial charge on any atom is 0.338 e. The van der Waals surface area contributed by atoms with Crippen LogP contribution in [-0.4, -0.2) is 50.3 Å². The Morgan fingerprint density at radius 2 is 1.92 bits per heavy atom. The molecule has 1 aromatic carbocycles. The van der Waals surface area contributed by atoms with E-state index in [0.717, 1.165) is 25.7 Å². The van der Waals surface area contributed by atoms with Gasteiger partial charge in [0.25, 0.3) is 5.91 Å². The molecule has 1 aliphatic heterocycles. The molecule has 1 heterocycles. The highest BCUT2D eigenvalue weighted by Gasteiger charge is 2.30. The number of hydrogen-bond donors (Lipinski definition) is 1. The summed E-state index contributed by atoms with van der Waals surface area (Å²) in [7, 11) is -3.57. The number of hydrogen-bond acceptors (Lipinski definition) is 5. The number of carbonyl (C=O) groups excluding carboxylic acids is 2. The highest BCUT2D eigenvalue weighted by molar-refractivity contribution is 7.89. The molecule has 1 atom stereocenters. The van der Waals surface area contributed by atoms with E-state index in [2.05, 4.69) is 5.32 Å². The minimum absolute atomic E-state index is 0.0278. The lowest BCUT2D eigenvalue weighted by molar-refractivity contribution is -0.124. The molecule has 144 valence electrons. The van der Waals surface area contributed by atoms with Crippen LogP contribution in [0.2, 0.25) is 0 Å². The quantitative estimate of drug-likeness (QED) is 0.728. The standard InChI is InChI=1S/C18H26N2O5S/c1-3-11-19-17(21)13-25-18(22)15-7-9-16(10-8-15)26(23,24)20-12-5-4-6-14(20)2/h7-10,14H,3-6,11-13H2,1-2H3,(H,19,21)/t14-/m1/s1. The Bertz CT molecular complexity index is 730. The fourth-order valence-corrected chi connectivity index (χ4v) is 4.56. The fourth-order valence-electron chi connectivity index (χ4n) is 2.86. The number of sulfonamides is 1. The molecule has 0 aliphatic carbocycles. The molecule has 1 fully saturated rings. The van der Waals surface area contributed by atoms with Crippen LogP contribution >= 0.6 is 0 Å². The van der Waals surface area contributed by atoms with Gasteiger partial charge in [0.2, 0.25) is 10.0 Å². The van der Waals surface area contributed by atoms with Gasteiger partial charge >= 0.3 is 5.97 Å². The molecule has 0 saturated carbocycles. The van der Waals surface area contributed by atoms with Crippen LogP contribution in [0.1, 0.15) is 49.9 Å².